The van der Waals surface area contributed by atoms with E-state index in [-0.39, 0.29) is 0 Å². The summed E-state index contributed by atoms with van der Waals surface area (Å²) >= 11 is 0. The van der Waals surface area contributed by atoms with Crippen molar-refractivity contribution in [2.45, 2.75) is 12.8 Å². The van der Waals surface area contributed by atoms with E-state index in [1.165, 1.54) is 0 Å². The van der Waals surface area contributed by atoms with Crippen LogP contribution in [0.3, 0.4) is 0 Å². The van der Waals surface area contributed by atoms with Gasteiger partial charge in [0.05, 0.1) is 0 Å². The molecular weight excluding hydrogens is 280 g/mol. The molecule has 2 N–H and O–H groups in total. The van der Waals surface area contributed by atoms with E-state index < -0.39 is 23.5 Å². The fourth-order valence-corrected chi connectivity index (χ4v) is 2.43. The first kappa shape index (κ1) is 14.0. The van der Waals surface area contributed by atoms with Crippen molar-refractivity contribution in [3.8, 4) is 0 Å². The molecule has 0 saturated carbocycles. The minimum Gasteiger partial charge on any atom is -0.325 e. The van der Waals surface area contributed by atoms with Gasteiger partial charge < -0.3 is 10.6 Å². The number of ketones is 1. The molecule has 0 saturated heterocycles. The summed E-state index contributed by atoms with van der Waals surface area (Å²) in [6.45, 7) is 1.93. The van der Waals surface area contributed by atoms with Gasteiger partial charge in [0.1, 0.15) is 5.92 Å². The molecule has 110 valence electrons. The number of carbonyl (C=O) groups is 3. The lowest BCUT2D eigenvalue weighted by Crippen LogP contribution is -2.31. The summed E-state index contributed by atoms with van der Waals surface area (Å²) < 4.78 is 0. The number of fused-ring (bicyclic) bond motifs is 1. The molecule has 0 unspecified atom stereocenters. The molecule has 1 heterocycles. The van der Waals surface area contributed by atoms with E-state index in [2.05, 4.69) is 10.6 Å². The van der Waals surface area contributed by atoms with Gasteiger partial charge in [0.2, 0.25) is 11.7 Å². The number of Topliss-reactive ketones (excluding diaryl/α,β-unsaturated/α-hetero) is 1. The summed E-state index contributed by atoms with van der Waals surface area (Å²) in [5.74, 6) is -3.10. The molecule has 1 aliphatic rings. The van der Waals surface area contributed by atoms with E-state index in [4.69, 9.17) is 0 Å². The van der Waals surface area contributed by atoms with Crippen LogP contribution in [0.5, 0.6) is 0 Å². The van der Waals surface area contributed by atoms with Crippen molar-refractivity contribution in [1.29, 1.82) is 0 Å². The number of nitrogens with one attached hydrogen (secondary N) is 2. The second-order valence-electron chi connectivity index (χ2n) is 5.19. The summed E-state index contributed by atoms with van der Waals surface area (Å²) in [6.07, 6.45) is 0. The lowest BCUT2D eigenvalue weighted by molar-refractivity contribution is -0.138. The van der Waals surface area contributed by atoms with Crippen molar-refractivity contribution in [1.82, 2.24) is 0 Å². The number of hydrogen-bond donors (Lipinski definition) is 2. The molecule has 5 heteroatoms. The predicted molar refractivity (Wildman–Crippen MR) is 82.6 cm³/mol. The Morgan fingerprint density at radius 3 is 2.45 bits per heavy atom. The molecule has 2 aromatic rings. The Morgan fingerprint density at radius 1 is 1.05 bits per heavy atom. The number of amides is 2. The maximum absolute atomic E-state index is 12.3. The van der Waals surface area contributed by atoms with Crippen molar-refractivity contribution in [3.05, 3.63) is 59.7 Å². The molecule has 0 aromatic heterocycles. The van der Waals surface area contributed by atoms with Crippen LogP contribution in [0.2, 0.25) is 0 Å². The summed E-state index contributed by atoms with van der Waals surface area (Å²) in [5, 5.41) is 5.14. The van der Waals surface area contributed by atoms with E-state index in [1.54, 1.807) is 36.4 Å². The Bertz CT molecular complexity index is 766. The van der Waals surface area contributed by atoms with Gasteiger partial charge in [0.15, 0.2) is 0 Å². The zero-order chi connectivity index (χ0) is 15.7. The largest absolute Gasteiger partial charge is 0.325 e. The minimum absolute atomic E-state index is 0.467. The van der Waals surface area contributed by atoms with E-state index in [9.17, 15) is 14.4 Å². The number of aryl methyl sites for hydroxylation is 1. The van der Waals surface area contributed by atoms with Crippen LogP contribution >= 0.6 is 0 Å². The molecule has 0 radical (unpaired) electrons. The van der Waals surface area contributed by atoms with Gasteiger partial charge in [-0.2, -0.15) is 0 Å². The first-order valence-corrected chi connectivity index (χ1v) is 6.88. The van der Waals surface area contributed by atoms with Crippen LogP contribution in [0, 0.1) is 6.92 Å². The third-order valence-electron chi connectivity index (χ3n) is 3.59. The molecular formula is C17H14N2O3. The number of anilines is 2. The summed E-state index contributed by atoms with van der Waals surface area (Å²) in [7, 11) is 0. The Morgan fingerprint density at radius 2 is 1.73 bits per heavy atom. The molecule has 1 atom stereocenters. The first-order chi connectivity index (χ1) is 10.6. The molecule has 1 aliphatic heterocycles. The van der Waals surface area contributed by atoms with E-state index >= 15 is 0 Å². The molecule has 22 heavy (non-hydrogen) atoms. The average Bonchev–Trinajstić information content (AvgIpc) is 2.84. The van der Waals surface area contributed by atoms with Crippen LogP contribution in [-0.2, 0) is 14.4 Å². The highest BCUT2D eigenvalue weighted by Crippen LogP contribution is 2.32. The van der Waals surface area contributed by atoms with Crippen LogP contribution in [0.25, 0.3) is 0 Å². The van der Waals surface area contributed by atoms with Crippen LogP contribution < -0.4 is 10.6 Å². The van der Waals surface area contributed by atoms with Crippen molar-refractivity contribution in [3.63, 3.8) is 0 Å². The van der Waals surface area contributed by atoms with E-state index in [1.807, 2.05) is 19.1 Å². The molecule has 0 bridgehead atoms. The number of para-hydroxylation sites is 1. The van der Waals surface area contributed by atoms with Crippen LogP contribution in [0.1, 0.15) is 17.0 Å². The van der Waals surface area contributed by atoms with Crippen molar-refractivity contribution < 1.29 is 14.4 Å². The Hall–Kier alpha value is -2.95. The van der Waals surface area contributed by atoms with Crippen LogP contribution in [-0.4, -0.2) is 17.6 Å². The zero-order valence-electron chi connectivity index (χ0n) is 11.9. The minimum atomic E-state index is -1.08. The second-order valence-corrected chi connectivity index (χ2v) is 5.19. The standard InChI is InChI=1S/C17H14N2O3/c1-10-6-8-11(9-7-10)18-17(22)15(20)14-12-4-2-3-5-13(12)19-16(14)21/h2-9,14H,1H3,(H,18,22)(H,19,21)/t14-/m0/s1. The third-order valence-corrected chi connectivity index (χ3v) is 3.59. The molecule has 0 fully saturated rings. The maximum Gasteiger partial charge on any atom is 0.292 e. The van der Waals surface area contributed by atoms with Crippen molar-refractivity contribution >= 4 is 29.0 Å². The maximum atomic E-state index is 12.3. The van der Waals surface area contributed by atoms with Crippen LogP contribution in [0.15, 0.2) is 48.5 Å². The van der Waals surface area contributed by atoms with Crippen molar-refractivity contribution in [2.24, 2.45) is 0 Å². The van der Waals surface area contributed by atoms with Gasteiger partial charge in [-0.1, -0.05) is 35.9 Å². The van der Waals surface area contributed by atoms with Gasteiger partial charge in [-0.05, 0) is 30.7 Å². The van der Waals surface area contributed by atoms with Gasteiger partial charge in [-0.15, -0.1) is 0 Å². The van der Waals surface area contributed by atoms with E-state index in [0.29, 0.717) is 16.9 Å². The molecule has 0 spiro atoms. The first-order valence-electron chi connectivity index (χ1n) is 6.88. The second kappa shape index (κ2) is 5.44. The highest BCUT2D eigenvalue weighted by molar-refractivity contribution is 6.47. The van der Waals surface area contributed by atoms with Gasteiger partial charge >= 0.3 is 0 Å². The van der Waals surface area contributed by atoms with Crippen molar-refractivity contribution in [2.75, 3.05) is 10.6 Å². The Labute approximate surface area is 127 Å². The smallest absolute Gasteiger partial charge is 0.292 e. The molecule has 2 aromatic carbocycles. The Kier molecular flexibility index (Phi) is 3.47. The molecule has 2 amide bonds. The fourth-order valence-electron chi connectivity index (χ4n) is 2.43. The molecule has 5 nitrogen and oxygen atoms in total. The van der Waals surface area contributed by atoms with Gasteiger partial charge in [-0.25, -0.2) is 0 Å². The zero-order valence-corrected chi connectivity index (χ0v) is 11.9. The third kappa shape index (κ3) is 2.48. The quantitative estimate of drug-likeness (QED) is 0.673. The lowest BCUT2D eigenvalue weighted by Gasteiger charge is -2.09. The summed E-state index contributed by atoms with van der Waals surface area (Å²) in [5.41, 5.74) is 2.69. The predicted octanol–water partition coefficient (Wildman–Crippen LogP) is 2.24. The SMILES string of the molecule is Cc1ccc(NC(=O)C(=O)[C@H]2C(=O)Nc3ccccc32)cc1. The van der Waals surface area contributed by atoms with E-state index in [0.717, 1.165) is 5.56 Å². The summed E-state index contributed by atoms with van der Waals surface area (Å²) in [6, 6.07) is 14.0. The highest BCUT2D eigenvalue weighted by Gasteiger charge is 2.39. The number of benzene rings is 2. The number of rotatable bonds is 3. The monoisotopic (exact) mass is 294 g/mol. The highest BCUT2D eigenvalue weighted by atomic mass is 16.2. The molecule has 3 rings (SSSR count). The van der Waals surface area contributed by atoms with Gasteiger partial charge in [0, 0.05) is 11.4 Å². The normalized spacial score (nSPS) is 15.9. The lowest BCUT2D eigenvalue weighted by atomic mass is 9.95. The van der Waals surface area contributed by atoms with Crippen LogP contribution in [0.4, 0.5) is 11.4 Å². The average molecular weight is 294 g/mol. The topological polar surface area (TPSA) is 75.3 Å². The number of hydrogen-bond acceptors (Lipinski definition) is 3. The Balaban J connectivity index is 1.80. The number of carbonyl (C=O) groups excluding carboxylic acids is 3. The fraction of sp³-hybridized carbons (Fsp3) is 0.118. The van der Waals surface area contributed by atoms with Gasteiger partial charge in [0.25, 0.3) is 5.91 Å². The molecule has 0 aliphatic carbocycles. The summed E-state index contributed by atoms with van der Waals surface area (Å²) in [4.78, 5) is 36.4. The van der Waals surface area contributed by atoms with Gasteiger partial charge in [-0.3, -0.25) is 14.4 Å².